The van der Waals surface area contributed by atoms with Gasteiger partial charge in [0.15, 0.2) is 0 Å². The van der Waals surface area contributed by atoms with Gasteiger partial charge in [0.05, 0.1) is 5.41 Å². The van der Waals surface area contributed by atoms with Crippen LogP contribution in [0.5, 0.6) is 11.5 Å². The van der Waals surface area contributed by atoms with Crippen molar-refractivity contribution in [3.05, 3.63) is 119 Å². The molecule has 177 valence electrons. The number of aliphatic hydroxyl groups excluding tert-OH is 1. The van der Waals surface area contributed by atoms with Crippen molar-refractivity contribution in [1.29, 1.82) is 0 Å². The van der Waals surface area contributed by atoms with Gasteiger partial charge >= 0.3 is 0 Å². The Hall–Kier alpha value is -0.778. The predicted octanol–water partition coefficient (Wildman–Crippen LogP) is 5.15. The monoisotopic (exact) mass is 709 g/mol. The van der Waals surface area contributed by atoms with Gasteiger partial charge in [-0.05, 0) is 57.6 Å². The van der Waals surface area contributed by atoms with Crippen molar-refractivity contribution in [2.24, 2.45) is 0 Å². The summed E-state index contributed by atoms with van der Waals surface area (Å²) in [6.07, 6.45) is 0. The van der Waals surface area contributed by atoms with Crippen molar-refractivity contribution in [2.75, 3.05) is 7.11 Å². The molecule has 0 bridgehead atoms. The van der Waals surface area contributed by atoms with Crippen molar-refractivity contribution in [3.63, 3.8) is 0 Å². The minimum atomic E-state index is -0.833. The van der Waals surface area contributed by atoms with E-state index in [1.54, 1.807) is 24.3 Å². The molecule has 0 amide bonds. The molecule has 0 atom stereocenters. The van der Waals surface area contributed by atoms with E-state index in [2.05, 4.69) is 48.5 Å². The number of aliphatic hydroxyl groups is 1. The van der Waals surface area contributed by atoms with Gasteiger partial charge in [0.25, 0.3) is 5.97 Å². The van der Waals surface area contributed by atoms with E-state index in [9.17, 15) is 10.2 Å². The summed E-state index contributed by atoms with van der Waals surface area (Å²) in [4.78, 5) is 9.00. The first kappa shape index (κ1) is 35.2. The van der Waals surface area contributed by atoms with Crippen molar-refractivity contribution in [1.82, 2.24) is 0 Å². The van der Waals surface area contributed by atoms with Crippen LogP contribution in [-0.4, -0.2) is 33.5 Å². The number of carboxylic acid groups (broad SMARTS) is 1. The van der Waals surface area contributed by atoms with Gasteiger partial charge in [-0.2, -0.15) is 0 Å². The largest absolute Gasteiger partial charge is 0.508 e. The van der Waals surface area contributed by atoms with E-state index in [1.165, 1.54) is 22.3 Å². The Bertz CT molecular complexity index is 1150. The quantitative estimate of drug-likeness (QED) is 0.204. The SMILES string of the molecule is CC(=O)O.CO.Oc1ccc(C2(c3ccc(O)cc3)c3ccccc3-c3ccccc32)cc1.[Y].[Y].[Y]. The van der Waals surface area contributed by atoms with Crippen molar-refractivity contribution in [2.45, 2.75) is 12.3 Å². The van der Waals surface area contributed by atoms with Gasteiger partial charge in [-0.15, -0.1) is 0 Å². The number of hydrogen-bond acceptors (Lipinski definition) is 4. The summed E-state index contributed by atoms with van der Waals surface area (Å²) in [5.74, 6) is -0.335. The van der Waals surface area contributed by atoms with Gasteiger partial charge in [-0.3, -0.25) is 4.79 Å². The topological polar surface area (TPSA) is 98.0 Å². The minimum Gasteiger partial charge on any atom is -0.508 e. The number of rotatable bonds is 2. The van der Waals surface area contributed by atoms with E-state index in [0.717, 1.165) is 25.2 Å². The van der Waals surface area contributed by atoms with Crippen molar-refractivity contribution >= 4 is 5.97 Å². The maximum atomic E-state index is 9.85. The first-order valence-corrected chi connectivity index (χ1v) is 10.4. The molecular weight excluding hydrogens is 683 g/mol. The minimum absolute atomic E-state index is 0. The Labute approximate surface area is 287 Å². The van der Waals surface area contributed by atoms with E-state index >= 15 is 0 Å². The van der Waals surface area contributed by atoms with Crippen LogP contribution < -0.4 is 0 Å². The normalized spacial score (nSPS) is 11.2. The van der Waals surface area contributed by atoms with Crippen molar-refractivity contribution in [3.8, 4) is 22.6 Å². The predicted molar refractivity (Wildman–Crippen MR) is 129 cm³/mol. The summed E-state index contributed by atoms with van der Waals surface area (Å²) in [5.41, 5.74) is 6.54. The zero-order valence-electron chi connectivity index (χ0n) is 20.2. The molecule has 8 heteroatoms. The second-order valence-corrected chi connectivity index (χ2v) is 7.45. The fourth-order valence-corrected chi connectivity index (χ4v) is 4.45. The summed E-state index contributed by atoms with van der Waals surface area (Å²) < 4.78 is 0. The van der Waals surface area contributed by atoms with Crippen LogP contribution >= 0.6 is 0 Å². The number of fused-ring (bicyclic) bond motifs is 3. The summed E-state index contributed by atoms with van der Waals surface area (Å²) in [6, 6.07) is 31.9. The average Bonchev–Trinajstić information content (AvgIpc) is 3.13. The number of carboxylic acids is 1. The number of phenolic OH excluding ortho intramolecular Hbond substituents is 2. The van der Waals surface area contributed by atoms with Gasteiger partial charge < -0.3 is 20.4 Å². The van der Waals surface area contributed by atoms with E-state index in [1.807, 2.05) is 24.3 Å². The maximum Gasteiger partial charge on any atom is 0.300 e. The number of hydrogen-bond donors (Lipinski definition) is 4. The molecule has 0 unspecified atom stereocenters. The van der Waals surface area contributed by atoms with E-state index in [0.29, 0.717) is 0 Å². The molecule has 4 aromatic carbocycles. The molecule has 0 spiro atoms. The van der Waals surface area contributed by atoms with Crippen LogP contribution in [0.2, 0.25) is 0 Å². The number of phenols is 2. The second kappa shape index (κ2) is 16.2. The molecule has 0 fully saturated rings. The van der Waals surface area contributed by atoms with E-state index < -0.39 is 11.4 Å². The summed E-state index contributed by atoms with van der Waals surface area (Å²) in [6.45, 7) is 1.08. The third kappa shape index (κ3) is 7.20. The van der Waals surface area contributed by atoms with Crippen molar-refractivity contribution < 1.29 is 123 Å². The second-order valence-electron chi connectivity index (χ2n) is 7.45. The molecule has 0 heterocycles. The Morgan fingerprint density at radius 3 is 1.17 bits per heavy atom. The molecule has 0 saturated carbocycles. The van der Waals surface area contributed by atoms with Gasteiger partial charge in [-0.25, -0.2) is 0 Å². The average molecular weight is 709 g/mol. The number of aromatic hydroxyl groups is 2. The van der Waals surface area contributed by atoms with Gasteiger partial charge in [0, 0.05) is 112 Å². The van der Waals surface area contributed by atoms with Crippen LogP contribution in [0.1, 0.15) is 29.2 Å². The Balaban J connectivity index is 0.00000125. The van der Waals surface area contributed by atoms with Crippen LogP contribution in [-0.2, 0) is 108 Å². The molecule has 0 aliphatic heterocycles. The molecule has 5 rings (SSSR count). The van der Waals surface area contributed by atoms with Crippen LogP contribution in [0.25, 0.3) is 11.1 Å². The first-order chi connectivity index (χ1) is 15.9. The fourth-order valence-electron chi connectivity index (χ4n) is 4.45. The number of aliphatic carboxylic acids is 1. The summed E-state index contributed by atoms with van der Waals surface area (Å²) >= 11 is 0. The summed E-state index contributed by atoms with van der Waals surface area (Å²) in [7, 11) is 1.00. The molecule has 0 aromatic heterocycles. The molecule has 1 aliphatic carbocycles. The van der Waals surface area contributed by atoms with Crippen LogP contribution in [0.4, 0.5) is 0 Å². The number of carbonyl (C=O) groups is 1. The van der Waals surface area contributed by atoms with Gasteiger partial charge in [0.1, 0.15) is 11.5 Å². The van der Waals surface area contributed by atoms with Gasteiger partial charge in [-0.1, -0.05) is 72.8 Å². The smallest absolute Gasteiger partial charge is 0.300 e. The molecule has 0 saturated heterocycles. The van der Waals surface area contributed by atoms with Crippen LogP contribution in [0.3, 0.4) is 0 Å². The van der Waals surface area contributed by atoms with Gasteiger partial charge in [0.2, 0.25) is 0 Å². The zero-order valence-corrected chi connectivity index (χ0v) is 28.7. The van der Waals surface area contributed by atoms with E-state index in [-0.39, 0.29) is 110 Å². The molecular formula is C28H26O5Y3. The molecule has 36 heavy (non-hydrogen) atoms. The number of benzene rings is 4. The maximum absolute atomic E-state index is 9.85. The molecule has 5 nitrogen and oxygen atoms in total. The van der Waals surface area contributed by atoms with Crippen LogP contribution in [0, 0.1) is 0 Å². The zero-order chi connectivity index (χ0) is 24.0. The van der Waals surface area contributed by atoms with E-state index in [4.69, 9.17) is 15.0 Å². The molecule has 4 aromatic rings. The Morgan fingerprint density at radius 1 is 0.583 bits per heavy atom. The third-order valence-corrected chi connectivity index (χ3v) is 5.55. The molecule has 3 radical (unpaired) electrons. The Kier molecular flexibility index (Phi) is 15.9. The Morgan fingerprint density at radius 2 is 0.861 bits per heavy atom. The fraction of sp³-hybridized carbons (Fsp3) is 0.107. The molecule has 1 aliphatic rings. The standard InChI is InChI=1S/C25H18O2.C2H4O2.CH4O.3Y/c26-19-13-9-17(10-14-19)25(18-11-15-20(27)16-12-18)23-7-3-1-5-21(23)22-6-2-4-8-24(22)25;1-2(3)4;1-2;;;/h1-16,26-27H;1H3,(H,3,4);2H,1H3;;;. The van der Waals surface area contributed by atoms with Crippen LogP contribution in [0.15, 0.2) is 97.1 Å². The first-order valence-electron chi connectivity index (χ1n) is 10.4. The third-order valence-electron chi connectivity index (χ3n) is 5.55. The summed E-state index contributed by atoms with van der Waals surface area (Å²) in [5, 5.41) is 34.1. The molecule has 4 N–H and O–H groups in total.